The maximum absolute atomic E-state index is 13.8. The highest BCUT2D eigenvalue weighted by molar-refractivity contribution is 6.11. The minimum Gasteiger partial charge on any atom is -0.271 e. The Balaban J connectivity index is 1.51. The third-order valence-corrected chi connectivity index (χ3v) is 7.31. The van der Waals surface area contributed by atoms with E-state index in [2.05, 4.69) is 0 Å². The molecule has 0 aromatic heterocycles. The van der Waals surface area contributed by atoms with Crippen LogP contribution in [0.3, 0.4) is 0 Å². The van der Waals surface area contributed by atoms with Gasteiger partial charge in [-0.1, -0.05) is 72.8 Å². The second-order valence-electron chi connectivity index (χ2n) is 9.90. The molecule has 5 rings (SSSR count). The second-order valence-corrected chi connectivity index (χ2v) is 9.90. The fourth-order valence-electron chi connectivity index (χ4n) is 5.33. The van der Waals surface area contributed by atoms with Gasteiger partial charge in [-0.3, -0.25) is 29.0 Å². The number of nitrogens with zero attached hydrogens (tertiary/aromatic N) is 2. The van der Waals surface area contributed by atoms with Gasteiger partial charge >= 0.3 is 0 Å². The van der Waals surface area contributed by atoms with Gasteiger partial charge in [-0.05, 0) is 74.2 Å². The molecule has 1 aliphatic rings. The quantitative estimate of drug-likeness (QED) is 0.276. The summed E-state index contributed by atoms with van der Waals surface area (Å²) >= 11 is 0. The van der Waals surface area contributed by atoms with Gasteiger partial charge in [0.2, 0.25) is 0 Å². The SMILES string of the molecule is O=C(c1ccccc1)N(C(=O)c1ccccc1)C1CCCC(N(C(=O)c2ccccc2)C(=O)c2ccccc2)C1. The summed E-state index contributed by atoms with van der Waals surface area (Å²) in [6.45, 7) is 0. The van der Waals surface area contributed by atoms with Crippen LogP contribution in [0.15, 0.2) is 121 Å². The Hall–Kier alpha value is -4.84. The normalized spacial score (nSPS) is 16.5. The fourth-order valence-corrected chi connectivity index (χ4v) is 5.33. The zero-order valence-electron chi connectivity index (χ0n) is 22.1. The van der Waals surface area contributed by atoms with E-state index in [9.17, 15) is 19.2 Å². The van der Waals surface area contributed by atoms with Crippen LogP contribution in [0.1, 0.15) is 67.1 Å². The molecule has 1 fully saturated rings. The zero-order chi connectivity index (χ0) is 27.9. The molecule has 40 heavy (non-hydrogen) atoms. The molecule has 2 unspecified atom stereocenters. The maximum Gasteiger partial charge on any atom is 0.260 e. The first-order valence-electron chi connectivity index (χ1n) is 13.5. The Bertz CT molecular complexity index is 1260. The third-order valence-electron chi connectivity index (χ3n) is 7.31. The van der Waals surface area contributed by atoms with Crippen molar-refractivity contribution in [1.82, 2.24) is 9.80 Å². The molecule has 0 spiro atoms. The van der Waals surface area contributed by atoms with E-state index in [1.807, 2.05) is 24.3 Å². The summed E-state index contributed by atoms with van der Waals surface area (Å²) in [4.78, 5) is 57.9. The minimum absolute atomic E-state index is 0.300. The van der Waals surface area contributed by atoms with Crippen LogP contribution < -0.4 is 0 Å². The molecule has 4 amide bonds. The molecule has 2 atom stereocenters. The first-order valence-corrected chi connectivity index (χ1v) is 13.5. The Kier molecular flexibility index (Phi) is 8.26. The van der Waals surface area contributed by atoms with E-state index in [0.717, 1.165) is 0 Å². The van der Waals surface area contributed by atoms with E-state index < -0.39 is 35.7 Å². The molecule has 6 nitrogen and oxygen atoms in total. The monoisotopic (exact) mass is 530 g/mol. The molecule has 0 bridgehead atoms. The fraction of sp³-hybridized carbons (Fsp3) is 0.176. The summed E-state index contributed by atoms with van der Waals surface area (Å²) in [5.74, 6) is -1.57. The van der Waals surface area contributed by atoms with Gasteiger partial charge in [-0.2, -0.15) is 0 Å². The first-order chi connectivity index (χ1) is 19.5. The van der Waals surface area contributed by atoms with Gasteiger partial charge in [0.15, 0.2) is 0 Å². The summed E-state index contributed by atoms with van der Waals surface area (Å²) < 4.78 is 0. The lowest BCUT2D eigenvalue weighted by Crippen LogP contribution is -2.53. The molecule has 4 aromatic rings. The number of rotatable bonds is 6. The molecule has 0 aliphatic heterocycles. The average Bonchev–Trinajstić information content (AvgIpc) is 3.03. The Morgan fingerprint density at radius 1 is 0.425 bits per heavy atom. The van der Waals surface area contributed by atoms with E-state index in [4.69, 9.17) is 0 Å². The van der Waals surface area contributed by atoms with E-state index in [-0.39, 0.29) is 0 Å². The van der Waals surface area contributed by atoms with Crippen LogP contribution in [0.5, 0.6) is 0 Å². The molecule has 1 aliphatic carbocycles. The van der Waals surface area contributed by atoms with Crippen molar-refractivity contribution >= 4 is 23.6 Å². The molecule has 0 radical (unpaired) electrons. The molecule has 200 valence electrons. The van der Waals surface area contributed by atoms with Crippen LogP contribution in [0, 0.1) is 0 Å². The Morgan fingerprint density at radius 3 is 0.925 bits per heavy atom. The molecule has 0 heterocycles. The largest absolute Gasteiger partial charge is 0.271 e. The average molecular weight is 531 g/mol. The van der Waals surface area contributed by atoms with Gasteiger partial charge in [0.1, 0.15) is 0 Å². The van der Waals surface area contributed by atoms with Crippen molar-refractivity contribution in [3.05, 3.63) is 144 Å². The highest BCUT2D eigenvalue weighted by atomic mass is 16.2. The predicted octanol–water partition coefficient (Wildman–Crippen LogP) is 6.26. The molecule has 6 heteroatoms. The molecule has 1 saturated carbocycles. The van der Waals surface area contributed by atoms with Crippen molar-refractivity contribution in [2.75, 3.05) is 0 Å². The second kappa shape index (κ2) is 12.3. The van der Waals surface area contributed by atoms with E-state index in [0.29, 0.717) is 47.9 Å². The van der Waals surface area contributed by atoms with Crippen LogP contribution in [0.2, 0.25) is 0 Å². The lowest BCUT2D eigenvalue weighted by Gasteiger charge is -2.40. The number of amides is 4. The summed E-state index contributed by atoms with van der Waals surface area (Å²) in [6, 6.07) is 33.9. The molecule has 0 N–H and O–H groups in total. The molecule has 4 aromatic carbocycles. The van der Waals surface area contributed by atoms with E-state index in [1.54, 1.807) is 97.1 Å². The van der Waals surface area contributed by atoms with Gasteiger partial charge < -0.3 is 0 Å². The van der Waals surface area contributed by atoms with Crippen LogP contribution >= 0.6 is 0 Å². The molecule has 0 saturated heterocycles. The number of benzene rings is 4. The van der Waals surface area contributed by atoms with Crippen molar-refractivity contribution in [2.45, 2.75) is 37.8 Å². The molecular weight excluding hydrogens is 500 g/mol. The van der Waals surface area contributed by atoms with Gasteiger partial charge in [-0.25, -0.2) is 0 Å². The highest BCUT2D eigenvalue weighted by Gasteiger charge is 2.40. The number of carbonyl (C=O) groups excluding carboxylic acids is 4. The van der Waals surface area contributed by atoms with Gasteiger partial charge in [0.25, 0.3) is 23.6 Å². The van der Waals surface area contributed by atoms with Crippen LogP contribution in [0.25, 0.3) is 0 Å². The summed E-state index contributed by atoms with van der Waals surface area (Å²) in [6.07, 6.45) is 2.12. The van der Waals surface area contributed by atoms with Crippen LogP contribution in [-0.4, -0.2) is 45.5 Å². The van der Waals surface area contributed by atoms with E-state index in [1.165, 1.54) is 9.80 Å². The first kappa shape index (κ1) is 26.8. The number of imide groups is 2. The number of carbonyl (C=O) groups is 4. The van der Waals surface area contributed by atoms with Crippen molar-refractivity contribution in [3.8, 4) is 0 Å². The summed E-state index contributed by atoms with van der Waals surface area (Å²) in [5, 5.41) is 0. The smallest absolute Gasteiger partial charge is 0.260 e. The van der Waals surface area contributed by atoms with Crippen molar-refractivity contribution < 1.29 is 19.2 Å². The van der Waals surface area contributed by atoms with Crippen LogP contribution in [-0.2, 0) is 0 Å². The number of hydrogen-bond donors (Lipinski definition) is 0. The summed E-state index contributed by atoms with van der Waals surface area (Å²) in [5.41, 5.74) is 1.64. The van der Waals surface area contributed by atoms with Gasteiger partial charge in [-0.15, -0.1) is 0 Å². The Morgan fingerprint density at radius 2 is 0.675 bits per heavy atom. The van der Waals surface area contributed by atoms with Crippen LogP contribution in [0.4, 0.5) is 0 Å². The Labute approximate surface area is 233 Å². The minimum atomic E-state index is -0.492. The maximum atomic E-state index is 13.8. The lowest BCUT2D eigenvalue weighted by molar-refractivity contribution is 0.0384. The third kappa shape index (κ3) is 5.76. The van der Waals surface area contributed by atoms with Crippen molar-refractivity contribution in [1.29, 1.82) is 0 Å². The zero-order valence-corrected chi connectivity index (χ0v) is 22.1. The summed E-state index contributed by atoms with van der Waals surface area (Å²) in [7, 11) is 0. The number of hydrogen-bond acceptors (Lipinski definition) is 4. The predicted molar refractivity (Wildman–Crippen MR) is 153 cm³/mol. The highest BCUT2D eigenvalue weighted by Crippen LogP contribution is 2.31. The van der Waals surface area contributed by atoms with E-state index >= 15 is 0 Å². The van der Waals surface area contributed by atoms with Crippen molar-refractivity contribution in [2.24, 2.45) is 0 Å². The topological polar surface area (TPSA) is 74.8 Å². The standard InChI is InChI=1S/C34H30N2O4/c37-31(25-14-5-1-6-15-25)35(32(38)26-16-7-2-8-17-26)29-22-13-23-30(24-29)36(33(39)27-18-9-3-10-19-27)34(40)28-20-11-4-12-21-28/h1-12,14-21,29-30H,13,22-24H2. The van der Waals surface area contributed by atoms with Gasteiger partial charge in [0, 0.05) is 34.3 Å². The lowest BCUT2D eigenvalue weighted by atomic mass is 9.87. The molecular formula is C34H30N2O4. The van der Waals surface area contributed by atoms with Gasteiger partial charge in [0.05, 0.1) is 0 Å². The van der Waals surface area contributed by atoms with Crippen molar-refractivity contribution in [3.63, 3.8) is 0 Å².